The molecule has 1 saturated carbocycles. The predicted octanol–water partition coefficient (Wildman–Crippen LogP) is 2.20. The summed E-state index contributed by atoms with van der Waals surface area (Å²) < 4.78 is 0. The van der Waals surface area contributed by atoms with Crippen LogP contribution in [0.15, 0.2) is 0 Å². The number of hydrogen-bond donors (Lipinski definition) is 0. The Kier molecular flexibility index (Phi) is 3.87. The van der Waals surface area contributed by atoms with Gasteiger partial charge in [-0.25, -0.2) is 0 Å². The molecule has 0 amide bonds. The summed E-state index contributed by atoms with van der Waals surface area (Å²) in [6.45, 7) is 2.84. The largest absolute Gasteiger partial charge is 0.299 e. The first-order chi connectivity index (χ1) is 5.34. The van der Waals surface area contributed by atoms with Crippen LogP contribution in [0, 0.1) is 0 Å². The van der Waals surface area contributed by atoms with Gasteiger partial charge in [0, 0.05) is 13.1 Å². The van der Waals surface area contributed by atoms with Crippen LogP contribution in [-0.4, -0.2) is 24.8 Å². The summed E-state index contributed by atoms with van der Waals surface area (Å²) in [4.78, 5) is 5.41. The molecular formula is C9H19NO. The lowest BCUT2D eigenvalue weighted by Crippen LogP contribution is -2.33. The van der Waals surface area contributed by atoms with Crippen LogP contribution in [0.5, 0.6) is 0 Å². The van der Waals surface area contributed by atoms with E-state index in [1.807, 2.05) is 12.0 Å². The minimum Gasteiger partial charge on any atom is -0.299 e. The van der Waals surface area contributed by atoms with Gasteiger partial charge in [-0.3, -0.25) is 4.84 Å². The summed E-state index contributed by atoms with van der Waals surface area (Å²) in [6, 6.07) is 0.684. The van der Waals surface area contributed by atoms with E-state index in [2.05, 4.69) is 7.05 Å². The molecule has 11 heavy (non-hydrogen) atoms. The first-order valence-electron chi connectivity index (χ1n) is 4.70. The van der Waals surface area contributed by atoms with Crippen LogP contribution in [0.1, 0.15) is 39.0 Å². The topological polar surface area (TPSA) is 12.5 Å². The molecule has 1 fully saturated rings. The molecule has 0 bridgehead atoms. The molecule has 0 radical (unpaired) electrons. The number of hydroxylamine groups is 2. The molecule has 0 saturated heterocycles. The molecule has 0 aromatic carbocycles. The van der Waals surface area contributed by atoms with E-state index in [1.165, 1.54) is 32.1 Å². The quantitative estimate of drug-likeness (QED) is 0.582. The van der Waals surface area contributed by atoms with Crippen molar-refractivity contribution in [3.05, 3.63) is 0 Å². The summed E-state index contributed by atoms with van der Waals surface area (Å²) in [7, 11) is 2.06. The Morgan fingerprint density at radius 3 is 2.45 bits per heavy atom. The average molecular weight is 157 g/mol. The van der Waals surface area contributed by atoms with E-state index in [0.717, 1.165) is 6.61 Å². The van der Waals surface area contributed by atoms with Crippen LogP contribution in [0.4, 0.5) is 0 Å². The highest BCUT2D eigenvalue weighted by Crippen LogP contribution is 2.21. The molecule has 2 heteroatoms. The van der Waals surface area contributed by atoms with Crippen molar-refractivity contribution in [2.45, 2.75) is 45.1 Å². The molecule has 2 nitrogen and oxygen atoms in total. The second kappa shape index (κ2) is 4.73. The zero-order valence-corrected chi connectivity index (χ0v) is 7.68. The van der Waals surface area contributed by atoms with E-state index in [9.17, 15) is 0 Å². The fourth-order valence-electron chi connectivity index (χ4n) is 1.75. The minimum absolute atomic E-state index is 0.684. The average Bonchev–Trinajstić information content (AvgIpc) is 2.07. The van der Waals surface area contributed by atoms with E-state index in [0.29, 0.717) is 6.04 Å². The maximum Gasteiger partial charge on any atom is 0.0656 e. The van der Waals surface area contributed by atoms with Crippen molar-refractivity contribution in [2.24, 2.45) is 0 Å². The summed E-state index contributed by atoms with van der Waals surface area (Å²) in [5.74, 6) is 0. The molecule has 0 unspecified atom stereocenters. The molecule has 0 aromatic rings. The molecular weight excluding hydrogens is 138 g/mol. The Balaban J connectivity index is 2.21. The van der Waals surface area contributed by atoms with Gasteiger partial charge in [-0.05, 0) is 19.8 Å². The number of nitrogens with zero attached hydrogens (tertiary/aromatic N) is 1. The molecule has 0 N–H and O–H groups in total. The van der Waals surface area contributed by atoms with Gasteiger partial charge in [0.25, 0.3) is 0 Å². The van der Waals surface area contributed by atoms with Crippen LogP contribution in [0.25, 0.3) is 0 Å². The van der Waals surface area contributed by atoms with Crippen molar-refractivity contribution in [3.8, 4) is 0 Å². The third kappa shape index (κ3) is 2.80. The highest BCUT2D eigenvalue weighted by atomic mass is 16.7. The first kappa shape index (κ1) is 9.01. The van der Waals surface area contributed by atoms with E-state index in [-0.39, 0.29) is 0 Å². The van der Waals surface area contributed by atoms with Gasteiger partial charge in [0.1, 0.15) is 0 Å². The minimum atomic E-state index is 0.684. The molecule has 66 valence electrons. The zero-order valence-electron chi connectivity index (χ0n) is 7.68. The van der Waals surface area contributed by atoms with Crippen LogP contribution in [0.3, 0.4) is 0 Å². The maximum atomic E-state index is 5.41. The second-order valence-electron chi connectivity index (χ2n) is 3.26. The van der Waals surface area contributed by atoms with Crippen molar-refractivity contribution >= 4 is 0 Å². The Hall–Kier alpha value is -0.0800. The van der Waals surface area contributed by atoms with Crippen LogP contribution in [-0.2, 0) is 4.84 Å². The Bertz CT molecular complexity index is 99.7. The lowest BCUT2D eigenvalue weighted by molar-refractivity contribution is -0.169. The molecule has 0 aromatic heterocycles. The van der Waals surface area contributed by atoms with Gasteiger partial charge < -0.3 is 0 Å². The summed E-state index contributed by atoms with van der Waals surface area (Å²) in [6.07, 6.45) is 6.80. The van der Waals surface area contributed by atoms with Gasteiger partial charge >= 0.3 is 0 Å². The SMILES string of the molecule is CCON(C)C1CCCCC1. The van der Waals surface area contributed by atoms with Gasteiger partial charge in [0.05, 0.1) is 6.61 Å². The Morgan fingerprint density at radius 1 is 1.27 bits per heavy atom. The van der Waals surface area contributed by atoms with Gasteiger partial charge in [-0.15, -0.1) is 0 Å². The fraction of sp³-hybridized carbons (Fsp3) is 1.00. The van der Waals surface area contributed by atoms with Crippen LogP contribution >= 0.6 is 0 Å². The standard InChI is InChI=1S/C9H19NO/c1-3-11-10(2)9-7-5-4-6-8-9/h9H,3-8H2,1-2H3. The maximum absolute atomic E-state index is 5.41. The van der Waals surface area contributed by atoms with E-state index in [4.69, 9.17) is 4.84 Å². The second-order valence-corrected chi connectivity index (χ2v) is 3.26. The van der Waals surface area contributed by atoms with Gasteiger partial charge in [-0.1, -0.05) is 19.3 Å². The molecule has 0 heterocycles. The van der Waals surface area contributed by atoms with Crippen molar-refractivity contribution in [2.75, 3.05) is 13.7 Å². The molecule has 0 atom stereocenters. The highest BCUT2D eigenvalue weighted by molar-refractivity contribution is 4.69. The molecule has 1 rings (SSSR count). The fourth-order valence-corrected chi connectivity index (χ4v) is 1.75. The van der Waals surface area contributed by atoms with Gasteiger partial charge in [-0.2, -0.15) is 5.06 Å². The Labute approximate surface area is 69.5 Å². The highest BCUT2D eigenvalue weighted by Gasteiger charge is 2.17. The summed E-state index contributed by atoms with van der Waals surface area (Å²) in [5, 5.41) is 2.04. The number of hydrogen-bond acceptors (Lipinski definition) is 2. The summed E-state index contributed by atoms with van der Waals surface area (Å²) in [5.41, 5.74) is 0. The van der Waals surface area contributed by atoms with Crippen molar-refractivity contribution < 1.29 is 4.84 Å². The van der Waals surface area contributed by atoms with Crippen LogP contribution < -0.4 is 0 Å². The third-order valence-corrected chi connectivity index (χ3v) is 2.42. The number of rotatable bonds is 3. The van der Waals surface area contributed by atoms with Crippen molar-refractivity contribution in [1.82, 2.24) is 5.06 Å². The zero-order chi connectivity index (χ0) is 8.10. The lowest BCUT2D eigenvalue weighted by Gasteiger charge is -2.29. The summed E-state index contributed by atoms with van der Waals surface area (Å²) >= 11 is 0. The third-order valence-electron chi connectivity index (χ3n) is 2.42. The lowest BCUT2D eigenvalue weighted by atomic mass is 9.95. The molecule has 0 aliphatic heterocycles. The van der Waals surface area contributed by atoms with Crippen molar-refractivity contribution in [3.63, 3.8) is 0 Å². The molecule has 0 spiro atoms. The predicted molar refractivity (Wildman–Crippen MR) is 46.3 cm³/mol. The smallest absolute Gasteiger partial charge is 0.0656 e. The van der Waals surface area contributed by atoms with Gasteiger partial charge in [0.15, 0.2) is 0 Å². The van der Waals surface area contributed by atoms with E-state index < -0.39 is 0 Å². The van der Waals surface area contributed by atoms with Crippen LogP contribution in [0.2, 0.25) is 0 Å². The van der Waals surface area contributed by atoms with E-state index >= 15 is 0 Å². The molecule has 1 aliphatic carbocycles. The normalized spacial score (nSPS) is 21.0. The van der Waals surface area contributed by atoms with Gasteiger partial charge in [0.2, 0.25) is 0 Å². The first-order valence-corrected chi connectivity index (χ1v) is 4.70. The monoisotopic (exact) mass is 157 g/mol. The van der Waals surface area contributed by atoms with Crippen molar-refractivity contribution in [1.29, 1.82) is 0 Å². The van der Waals surface area contributed by atoms with E-state index in [1.54, 1.807) is 0 Å². The molecule has 1 aliphatic rings. The Morgan fingerprint density at radius 2 is 1.91 bits per heavy atom.